The van der Waals surface area contributed by atoms with E-state index in [0.717, 1.165) is 21.3 Å². The first-order valence-corrected chi connectivity index (χ1v) is 10.2. The Morgan fingerprint density at radius 2 is 2.07 bits per heavy atom. The van der Waals surface area contributed by atoms with E-state index in [9.17, 15) is 4.79 Å². The highest BCUT2D eigenvalue weighted by atomic mass is 35.5. The number of aromatic nitrogens is 2. The van der Waals surface area contributed by atoms with Gasteiger partial charge in [0.2, 0.25) is 0 Å². The van der Waals surface area contributed by atoms with Gasteiger partial charge in [-0.05, 0) is 48.4 Å². The molecule has 4 aromatic rings. The van der Waals surface area contributed by atoms with Crippen molar-refractivity contribution in [1.82, 2.24) is 9.97 Å². The van der Waals surface area contributed by atoms with Crippen LogP contribution in [0.2, 0.25) is 5.02 Å². The summed E-state index contributed by atoms with van der Waals surface area (Å²) in [5, 5.41) is 1.11. The average Bonchev–Trinajstić information content (AvgIpc) is 3.19. The minimum Gasteiger partial charge on any atom is -0.494 e. The van der Waals surface area contributed by atoms with Crippen LogP contribution in [0.5, 0.6) is 5.75 Å². The number of nitrogens with zero attached hydrogens (tertiary/aromatic N) is 3. The Balaban J connectivity index is 1.83. The molecule has 1 amide bonds. The molecule has 2 aromatic heterocycles. The number of carbonyl (C=O) groups is 1. The first-order valence-electron chi connectivity index (χ1n) is 8.97. The van der Waals surface area contributed by atoms with Crippen LogP contribution in [0.3, 0.4) is 0 Å². The summed E-state index contributed by atoms with van der Waals surface area (Å²) in [5.41, 5.74) is 3.25. The molecule has 7 heteroatoms. The van der Waals surface area contributed by atoms with Crippen molar-refractivity contribution in [2.24, 2.45) is 0 Å². The predicted molar refractivity (Wildman–Crippen MR) is 117 cm³/mol. The molecule has 0 saturated heterocycles. The molecule has 0 fully saturated rings. The monoisotopic (exact) mass is 423 g/mol. The fourth-order valence-electron chi connectivity index (χ4n) is 3.06. The molecule has 0 spiro atoms. The largest absolute Gasteiger partial charge is 0.494 e. The van der Waals surface area contributed by atoms with Crippen molar-refractivity contribution in [3.8, 4) is 5.75 Å². The van der Waals surface area contributed by atoms with Crippen molar-refractivity contribution in [3.63, 3.8) is 0 Å². The number of pyridine rings is 1. The van der Waals surface area contributed by atoms with Gasteiger partial charge in [0.1, 0.15) is 11.3 Å². The van der Waals surface area contributed by atoms with Gasteiger partial charge in [-0.3, -0.25) is 14.7 Å². The molecule has 2 heterocycles. The van der Waals surface area contributed by atoms with Gasteiger partial charge in [0.05, 0.1) is 18.4 Å². The zero-order valence-electron chi connectivity index (χ0n) is 15.9. The van der Waals surface area contributed by atoms with Gasteiger partial charge >= 0.3 is 0 Å². The molecule has 0 aliphatic rings. The number of aryl methyl sites for hydroxylation is 1. The molecule has 146 valence electrons. The molecular weight excluding hydrogens is 406 g/mol. The molecule has 4 rings (SSSR count). The molecule has 29 heavy (non-hydrogen) atoms. The first kappa shape index (κ1) is 19.4. The zero-order valence-corrected chi connectivity index (χ0v) is 17.5. The number of hydrogen-bond acceptors (Lipinski definition) is 5. The summed E-state index contributed by atoms with van der Waals surface area (Å²) in [6.07, 6.45) is 3.45. The molecule has 0 bridgehead atoms. The Morgan fingerprint density at radius 3 is 2.79 bits per heavy atom. The SMILES string of the molecule is COc1ccc(C)c2sc(N(Cc3cccnc3)C(=O)c3cccc(Cl)c3)nc12. The Hall–Kier alpha value is -2.96. The molecule has 0 aliphatic carbocycles. The van der Waals surface area contributed by atoms with Gasteiger partial charge in [0.15, 0.2) is 5.13 Å². The van der Waals surface area contributed by atoms with Crippen LogP contribution in [-0.2, 0) is 6.54 Å². The number of thiazole rings is 1. The number of rotatable bonds is 5. The number of ether oxygens (including phenoxy) is 1. The molecule has 0 N–H and O–H groups in total. The molecular formula is C22H18ClN3O2S. The number of halogens is 1. The van der Waals surface area contributed by atoms with Crippen LogP contribution < -0.4 is 9.64 Å². The fourth-order valence-corrected chi connectivity index (χ4v) is 4.30. The summed E-state index contributed by atoms with van der Waals surface area (Å²) < 4.78 is 6.46. The summed E-state index contributed by atoms with van der Waals surface area (Å²) in [4.78, 5) is 24.0. The van der Waals surface area contributed by atoms with E-state index in [1.165, 1.54) is 11.3 Å². The van der Waals surface area contributed by atoms with Crippen LogP contribution in [0, 0.1) is 6.92 Å². The second-order valence-electron chi connectivity index (χ2n) is 6.52. The van der Waals surface area contributed by atoms with E-state index in [1.807, 2.05) is 31.2 Å². The summed E-state index contributed by atoms with van der Waals surface area (Å²) in [6.45, 7) is 2.37. The second kappa shape index (κ2) is 8.19. The Morgan fingerprint density at radius 1 is 1.21 bits per heavy atom. The smallest absolute Gasteiger partial charge is 0.260 e. The van der Waals surface area contributed by atoms with Gasteiger partial charge in [-0.15, -0.1) is 0 Å². The number of hydrogen-bond donors (Lipinski definition) is 0. The molecule has 2 aromatic carbocycles. The van der Waals surface area contributed by atoms with Crippen molar-refractivity contribution < 1.29 is 9.53 Å². The van der Waals surface area contributed by atoms with Crippen LogP contribution in [0.4, 0.5) is 5.13 Å². The number of carbonyl (C=O) groups excluding carboxylic acids is 1. The first-order chi connectivity index (χ1) is 14.1. The summed E-state index contributed by atoms with van der Waals surface area (Å²) in [6, 6.07) is 14.6. The lowest BCUT2D eigenvalue weighted by atomic mass is 10.2. The number of methoxy groups -OCH3 is 1. The van der Waals surface area contributed by atoms with E-state index in [-0.39, 0.29) is 5.91 Å². The zero-order chi connectivity index (χ0) is 20.4. The number of benzene rings is 2. The number of anilines is 1. The quantitative estimate of drug-likeness (QED) is 0.424. The number of fused-ring (bicyclic) bond motifs is 1. The fraction of sp³-hybridized carbons (Fsp3) is 0.136. The maximum absolute atomic E-state index is 13.4. The van der Waals surface area contributed by atoms with Gasteiger partial charge in [0.25, 0.3) is 5.91 Å². The highest BCUT2D eigenvalue weighted by Gasteiger charge is 2.23. The summed E-state index contributed by atoms with van der Waals surface area (Å²) >= 11 is 7.58. The lowest BCUT2D eigenvalue weighted by Gasteiger charge is -2.20. The normalized spacial score (nSPS) is 10.9. The van der Waals surface area contributed by atoms with Gasteiger partial charge in [0, 0.05) is 23.0 Å². The third-order valence-electron chi connectivity index (χ3n) is 4.52. The standard InChI is InChI=1S/C22H18ClN3O2S/c1-14-8-9-18(28-2)19-20(14)29-22(25-19)26(13-15-5-4-10-24-12-15)21(27)16-6-3-7-17(23)11-16/h3-12H,13H2,1-2H3. The van der Waals surface area contributed by atoms with Crippen molar-refractivity contribution in [2.75, 3.05) is 12.0 Å². The van der Waals surface area contributed by atoms with Crippen LogP contribution in [0.1, 0.15) is 21.5 Å². The minimum absolute atomic E-state index is 0.174. The van der Waals surface area contributed by atoms with Crippen molar-refractivity contribution in [3.05, 3.63) is 82.6 Å². The van der Waals surface area contributed by atoms with E-state index >= 15 is 0 Å². The third kappa shape index (κ3) is 3.95. The number of amides is 1. The predicted octanol–water partition coefficient (Wildman–Crippen LogP) is 5.51. The Bertz CT molecular complexity index is 1180. The topological polar surface area (TPSA) is 55.3 Å². The van der Waals surface area contributed by atoms with Crippen LogP contribution >= 0.6 is 22.9 Å². The summed E-state index contributed by atoms with van der Waals surface area (Å²) in [7, 11) is 1.62. The van der Waals surface area contributed by atoms with E-state index in [0.29, 0.717) is 28.0 Å². The highest BCUT2D eigenvalue weighted by molar-refractivity contribution is 7.22. The molecule has 5 nitrogen and oxygen atoms in total. The van der Waals surface area contributed by atoms with E-state index in [4.69, 9.17) is 21.3 Å². The molecule has 0 aliphatic heterocycles. The van der Waals surface area contributed by atoms with Crippen LogP contribution in [-0.4, -0.2) is 23.0 Å². The van der Waals surface area contributed by atoms with E-state index in [2.05, 4.69) is 4.98 Å². The lowest BCUT2D eigenvalue weighted by Crippen LogP contribution is -2.30. The second-order valence-corrected chi connectivity index (χ2v) is 7.94. The van der Waals surface area contributed by atoms with Gasteiger partial charge < -0.3 is 4.74 Å². The molecule has 0 unspecified atom stereocenters. The average molecular weight is 424 g/mol. The third-order valence-corrected chi connectivity index (χ3v) is 5.97. The molecule has 0 atom stereocenters. The van der Waals surface area contributed by atoms with Crippen molar-refractivity contribution in [1.29, 1.82) is 0 Å². The van der Waals surface area contributed by atoms with Gasteiger partial charge in [-0.25, -0.2) is 4.98 Å². The minimum atomic E-state index is -0.174. The van der Waals surface area contributed by atoms with Crippen molar-refractivity contribution in [2.45, 2.75) is 13.5 Å². The van der Waals surface area contributed by atoms with E-state index in [1.54, 1.807) is 48.7 Å². The summed E-state index contributed by atoms with van der Waals surface area (Å²) in [5.74, 6) is 0.511. The maximum atomic E-state index is 13.4. The Labute approximate surface area is 177 Å². The highest BCUT2D eigenvalue weighted by Crippen LogP contribution is 2.37. The lowest BCUT2D eigenvalue weighted by molar-refractivity contribution is 0.0985. The van der Waals surface area contributed by atoms with Crippen molar-refractivity contribution >= 4 is 44.2 Å². The molecule has 0 radical (unpaired) electrons. The Kier molecular flexibility index (Phi) is 5.47. The van der Waals surface area contributed by atoms with Gasteiger partial charge in [-0.1, -0.05) is 41.1 Å². The van der Waals surface area contributed by atoms with Gasteiger partial charge in [-0.2, -0.15) is 0 Å². The van der Waals surface area contributed by atoms with Crippen LogP contribution in [0.25, 0.3) is 10.2 Å². The maximum Gasteiger partial charge on any atom is 0.260 e. The van der Waals surface area contributed by atoms with E-state index < -0.39 is 0 Å². The molecule has 0 saturated carbocycles. The van der Waals surface area contributed by atoms with Crippen LogP contribution in [0.15, 0.2) is 60.9 Å².